The number of fused-ring (bicyclic) bond motifs is 1. The van der Waals surface area contributed by atoms with Gasteiger partial charge >= 0.3 is 6.18 Å². The number of nitrogens with one attached hydrogen (secondary N) is 1. The van der Waals surface area contributed by atoms with Crippen LogP contribution in [0.3, 0.4) is 0 Å². The second kappa shape index (κ2) is 10.5. The molecule has 0 fully saturated rings. The van der Waals surface area contributed by atoms with Crippen molar-refractivity contribution in [3.63, 3.8) is 0 Å². The number of halogens is 3. The van der Waals surface area contributed by atoms with Crippen molar-refractivity contribution in [2.45, 2.75) is 51.0 Å². The molecule has 6 nitrogen and oxygen atoms in total. The van der Waals surface area contributed by atoms with Crippen molar-refractivity contribution < 1.29 is 18.0 Å². The zero-order valence-electron chi connectivity index (χ0n) is 20.2. The molecule has 1 aliphatic heterocycles. The van der Waals surface area contributed by atoms with Gasteiger partial charge in [0.2, 0.25) is 5.91 Å². The fourth-order valence-corrected chi connectivity index (χ4v) is 5.02. The molecule has 0 saturated heterocycles. The molecular weight excluding hydrogens is 467 g/mol. The van der Waals surface area contributed by atoms with Crippen LogP contribution < -0.4 is 5.32 Å². The Morgan fingerprint density at radius 1 is 1.17 bits per heavy atom. The first kappa shape index (κ1) is 25.5. The van der Waals surface area contributed by atoms with Gasteiger partial charge in [-0.15, -0.1) is 0 Å². The maximum absolute atomic E-state index is 13.1. The van der Waals surface area contributed by atoms with Crippen molar-refractivity contribution in [1.82, 2.24) is 19.8 Å². The number of rotatable bonds is 7. The molecule has 36 heavy (non-hydrogen) atoms. The van der Waals surface area contributed by atoms with E-state index >= 15 is 0 Å². The molecule has 4 rings (SSSR count). The predicted molar refractivity (Wildman–Crippen MR) is 129 cm³/mol. The maximum Gasteiger partial charge on any atom is 0.416 e. The summed E-state index contributed by atoms with van der Waals surface area (Å²) in [5.74, 6) is 0.653. The lowest BCUT2D eigenvalue weighted by Gasteiger charge is -2.41. The molecular formula is C27H28F3N5O. The lowest BCUT2D eigenvalue weighted by molar-refractivity contribution is -0.137. The van der Waals surface area contributed by atoms with E-state index in [9.17, 15) is 23.2 Å². The van der Waals surface area contributed by atoms with E-state index in [1.807, 2.05) is 37.3 Å². The molecule has 0 spiro atoms. The Morgan fingerprint density at radius 2 is 1.86 bits per heavy atom. The lowest BCUT2D eigenvalue weighted by atomic mass is 9.94. The molecule has 188 valence electrons. The van der Waals surface area contributed by atoms with Gasteiger partial charge in [0, 0.05) is 26.6 Å². The summed E-state index contributed by atoms with van der Waals surface area (Å²) in [6.45, 7) is 3.13. The van der Waals surface area contributed by atoms with Gasteiger partial charge in [-0.1, -0.05) is 49.4 Å². The third kappa shape index (κ3) is 5.00. The van der Waals surface area contributed by atoms with Crippen LogP contribution in [0.1, 0.15) is 59.3 Å². The summed E-state index contributed by atoms with van der Waals surface area (Å²) in [6.07, 6.45) is -2.74. The third-order valence-electron chi connectivity index (χ3n) is 6.74. The largest absolute Gasteiger partial charge is 0.416 e. The van der Waals surface area contributed by atoms with Crippen molar-refractivity contribution in [3.05, 3.63) is 88.5 Å². The van der Waals surface area contributed by atoms with E-state index in [-0.39, 0.29) is 11.9 Å². The maximum atomic E-state index is 13.1. The number of carbonyl (C=O) groups is 1. The lowest BCUT2D eigenvalue weighted by Crippen LogP contribution is -2.46. The van der Waals surface area contributed by atoms with Crippen LogP contribution in [0, 0.1) is 11.3 Å². The minimum Gasteiger partial charge on any atom is -0.358 e. The molecule has 0 bridgehead atoms. The molecule has 3 aromatic rings. The number of imidazole rings is 1. The summed E-state index contributed by atoms with van der Waals surface area (Å²) in [5, 5.41) is 12.6. The predicted octanol–water partition coefficient (Wildman–Crippen LogP) is 4.81. The molecule has 0 saturated carbocycles. The normalized spacial score (nSPS) is 16.7. The van der Waals surface area contributed by atoms with E-state index < -0.39 is 17.8 Å². The summed E-state index contributed by atoms with van der Waals surface area (Å²) in [7, 11) is 1.60. The Hall–Kier alpha value is -3.64. The Labute approximate surface area is 208 Å². The average molecular weight is 496 g/mol. The topological polar surface area (TPSA) is 74.0 Å². The minimum atomic E-state index is -4.39. The first-order valence-electron chi connectivity index (χ1n) is 12.0. The Balaban J connectivity index is 1.74. The highest BCUT2D eigenvalue weighted by atomic mass is 19.4. The van der Waals surface area contributed by atoms with Gasteiger partial charge in [0.25, 0.3) is 0 Å². The first-order valence-corrected chi connectivity index (χ1v) is 12.0. The van der Waals surface area contributed by atoms with Gasteiger partial charge in [0.05, 0.1) is 17.3 Å². The number of benzene rings is 2. The SMILES string of the molecule is CCc1nc(C#N)c2n1CCN([C@@H](C(=O)NC)c1ccccc1)[C@@H]2CCc1ccc(C(F)(F)F)cc1. The minimum absolute atomic E-state index is 0.164. The number of amides is 1. The fraction of sp³-hybridized carbons (Fsp3) is 0.370. The number of nitrogens with zero attached hydrogens (tertiary/aromatic N) is 4. The number of hydrogen-bond acceptors (Lipinski definition) is 4. The van der Waals surface area contributed by atoms with Crippen molar-refractivity contribution >= 4 is 5.91 Å². The van der Waals surface area contributed by atoms with E-state index in [0.717, 1.165) is 34.8 Å². The van der Waals surface area contributed by atoms with E-state index in [2.05, 4.69) is 25.8 Å². The number of aryl methyl sites for hydroxylation is 2. The molecule has 1 amide bonds. The number of alkyl halides is 3. The highest BCUT2D eigenvalue weighted by Gasteiger charge is 2.39. The van der Waals surface area contributed by atoms with Crippen LogP contribution in [0.5, 0.6) is 0 Å². The number of nitriles is 1. The Bertz CT molecular complexity index is 1250. The van der Waals surface area contributed by atoms with Gasteiger partial charge in [0.15, 0.2) is 5.69 Å². The van der Waals surface area contributed by atoms with Crippen LogP contribution in [0.2, 0.25) is 0 Å². The smallest absolute Gasteiger partial charge is 0.358 e. The van der Waals surface area contributed by atoms with Crippen LogP contribution >= 0.6 is 0 Å². The second-order valence-corrected chi connectivity index (χ2v) is 8.79. The van der Waals surface area contributed by atoms with Crippen LogP contribution in [0.25, 0.3) is 0 Å². The highest BCUT2D eigenvalue weighted by Crippen LogP contribution is 2.39. The van der Waals surface area contributed by atoms with Gasteiger partial charge in [-0.25, -0.2) is 4.98 Å². The molecule has 2 atom stereocenters. The summed E-state index contributed by atoms with van der Waals surface area (Å²) < 4.78 is 41.1. The molecule has 1 aromatic heterocycles. The first-order chi connectivity index (χ1) is 17.3. The summed E-state index contributed by atoms with van der Waals surface area (Å²) in [6, 6.07) is 15.9. The molecule has 0 unspecified atom stereocenters. The van der Waals surface area contributed by atoms with Gasteiger partial charge in [-0.05, 0) is 36.1 Å². The van der Waals surface area contributed by atoms with Crippen molar-refractivity contribution in [1.29, 1.82) is 5.26 Å². The van der Waals surface area contributed by atoms with E-state index in [4.69, 9.17) is 0 Å². The zero-order chi connectivity index (χ0) is 25.9. The Morgan fingerprint density at radius 3 is 2.44 bits per heavy atom. The number of likely N-dealkylation sites (N-methyl/N-ethyl adjacent to an activating group) is 1. The number of aromatic nitrogens is 2. The molecule has 9 heteroatoms. The molecule has 1 N–H and O–H groups in total. The van der Waals surface area contributed by atoms with E-state index in [1.165, 1.54) is 12.1 Å². The van der Waals surface area contributed by atoms with Crippen molar-refractivity contribution in [2.75, 3.05) is 13.6 Å². The average Bonchev–Trinajstić information content (AvgIpc) is 3.26. The molecule has 0 radical (unpaired) electrons. The quantitative estimate of drug-likeness (QED) is 0.511. The molecule has 2 heterocycles. The van der Waals surface area contributed by atoms with Crippen LogP contribution in [0.4, 0.5) is 13.2 Å². The third-order valence-corrected chi connectivity index (χ3v) is 6.74. The summed E-state index contributed by atoms with van der Waals surface area (Å²) in [4.78, 5) is 19.8. The van der Waals surface area contributed by atoms with Gasteiger partial charge < -0.3 is 9.88 Å². The van der Waals surface area contributed by atoms with E-state index in [1.54, 1.807) is 7.05 Å². The van der Waals surface area contributed by atoms with Gasteiger partial charge in [-0.3, -0.25) is 9.69 Å². The molecule has 2 aromatic carbocycles. The zero-order valence-corrected chi connectivity index (χ0v) is 20.2. The fourth-order valence-electron chi connectivity index (χ4n) is 5.02. The standard InChI is InChI=1S/C27H28F3N5O/c1-3-23-33-21(17-31)25-22(14-11-18-9-12-20(13-10-18)27(28,29)30)34(15-16-35(23)25)24(26(36)32-2)19-7-5-4-6-8-19/h4-10,12-13,22,24H,3,11,14-16H2,1-2H3,(H,32,36)/t22-,24-/m1/s1. The summed E-state index contributed by atoms with van der Waals surface area (Å²) in [5.41, 5.74) is 1.99. The highest BCUT2D eigenvalue weighted by molar-refractivity contribution is 5.83. The van der Waals surface area contributed by atoms with Gasteiger partial charge in [0.1, 0.15) is 17.9 Å². The number of carbonyl (C=O) groups excluding carboxylic acids is 1. The second-order valence-electron chi connectivity index (χ2n) is 8.79. The van der Waals surface area contributed by atoms with Crippen LogP contribution in [-0.2, 0) is 30.4 Å². The number of hydrogen-bond donors (Lipinski definition) is 1. The monoisotopic (exact) mass is 495 g/mol. The van der Waals surface area contributed by atoms with Gasteiger partial charge in [-0.2, -0.15) is 18.4 Å². The molecule has 0 aliphatic carbocycles. The Kier molecular flexibility index (Phi) is 7.45. The van der Waals surface area contributed by atoms with Crippen molar-refractivity contribution in [2.24, 2.45) is 0 Å². The van der Waals surface area contributed by atoms with E-state index in [0.29, 0.717) is 38.0 Å². The summed E-state index contributed by atoms with van der Waals surface area (Å²) >= 11 is 0. The van der Waals surface area contributed by atoms with Crippen molar-refractivity contribution in [3.8, 4) is 6.07 Å². The van der Waals surface area contributed by atoms with Crippen LogP contribution in [0.15, 0.2) is 54.6 Å². The molecule has 1 aliphatic rings. The van der Waals surface area contributed by atoms with Crippen LogP contribution in [-0.4, -0.2) is 34.0 Å².